The van der Waals surface area contributed by atoms with Crippen molar-refractivity contribution in [3.8, 4) is 5.75 Å². The highest BCUT2D eigenvalue weighted by Crippen LogP contribution is 2.27. The second-order valence-electron chi connectivity index (χ2n) is 5.87. The molecular weight excluding hydrogens is 324 g/mol. The Morgan fingerprint density at radius 1 is 1.17 bits per heavy atom. The van der Waals surface area contributed by atoms with Crippen LogP contribution in [0, 0.1) is 12.8 Å². The largest absolute Gasteiger partial charge is 0.495 e. The van der Waals surface area contributed by atoms with Crippen molar-refractivity contribution < 1.29 is 14.3 Å². The SMILES string of the molecule is COc1ccc(C)cc1NC(=O)C(=O)N[C@H](c1cccs1)C(C)C. The molecule has 1 aromatic carbocycles. The highest BCUT2D eigenvalue weighted by molar-refractivity contribution is 7.10. The van der Waals surface area contributed by atoms with Crippen LogP contribution in [0.1, 0.15) is 30.3 Å². The van der Waals surface area contributed by atoms with Crippen molar-refractivity contribution in [2.75, 3.05) is 12.4 Å². The van der Waals surface area contributed by atoms with Crippen molar-refractivity contribution in [1.82, 2.24) is 5.32 Å². The van der Waals surface area contributed by atoms with Crippen molar-refractivity contribution in [3.63, 3.8) is 0 Å². The zero-order chi connectivity index (χ0) is 17.7. The van der Waals surface area contributed by atoms with E-state index in [1.54, 1.807) is 23.5 Å². The molecule has 0 bridgehead atoms. The lowest BCUT2D eigenvalue weighted by Crippen LogP contribution is -2.39. The Hall–Kier alpha value is -2.34. The molecule has 2 N–H and O–H groups in total. The van der Waals surface area contributed by atoms with Crippen LogP contribution in [-0.2, 0) is 9.59 Å². The smallest absolute Gasteiger partial charge is 0.313 e. The number of thiophene rings is 1. The van der Waals surface area contributed by atoms with Gasteiger partial charge in [-0.15, -0.1) is 11.3 Å². The number of hydrogen-bond acceptors (Lipinski definition) is 4. The summed E-state index contributed by atoms with van der Waals surface area (Å²) in [5.41, 5.74) is 1.44. The molecule has 0 aliphatic rings. The van der Waals surface area contributed by atoms with Crippen molar-refractivity contribution in [2.45, 2.75) is 26.8 Å². The standard InChI is InChI=1S/C18H22N2O3S/c1-11(2)16(15-6-5-9-24-15)20-18(22)17(21)19-13-10-12(3)7-8-14(13)23-4/h5-11,16H,1-4H3,(H,19,21)(H,20,22)/t16-/m0/s1. The minimum atomic E-state index is -0.707. The van der Waals surface area contributed by atoms with E-state index in [0.29, 0.717) is 11.4 Å². The molecule has 2 rings (SSSR count). The van der Waals surface area contributed by atoms with Gasteiger partial charge in [0.15, 0.2) is 0 Å². The van der Waals surface area contributed by atoms with Crippen LogP contribution in [0.4, 0.5) is 5.69 Å². The van der Waals surface area contributed by atoms with Gasteiger partial charge in [-0.1, -0.05) is 26.0 Å². The first-order valence-corrected chi connectivity index (χ1v) is 8.60. The fourth-order valence-corrected chi connectivity index (χ4v) is 3.29. The normalized spacial score (nSPS) is 11.9. The number of ether oxygens (including phenoxy) is 1. The molecule has 128 valence electrons. The van der Waals surface area contributed by atoms with Crippen LogP contribution < -0.4 is 15.4 Å². The zero-order valence-corrected chi connectivity index (χ0v) is 15.1. The van der Waals surface area contributed by atoms with E-state index in [2.05, 4.69) is 10.6 Å². The molecule has 0 spiro atoms. The van der Waals surface area contributed by atoms with Gasteiger partial charge in [-0.3, -0.25) is 9.59 Å². The van der Waals surface area contributed by atoms with Crippen LogP contribution in [-0.4, -0.2) is 18.9 Å². The van der Waals surface area contributed by atoms with Gasteiger partial charge in [0.2, 0.25) is 0 Å². The highest BCUT2D eigenvalue weighted by atomic mass is 32.1. The minimum absolute atomic E-state index is 0.175. The molecule has 0 fully saturated rings. The Kier molecular flexibility index (Phi) is 5.98. The maximum atomic E-state index is 12.3. The molecule has 2 aromatic rings. The van der Waals surface area contributed by atoms with E-state index in [4.69, 9.17) is 4.74 Å². The van der Waals surface area contributed by atoms with E-state index in [-0.39, 0.29) is 12.0 Å². The Bertz CT molecular complexity index is 711. The van der Waals surface area contributed by atoms with Crippen molar-refractivity contribution in [2.24, 2.45) is 5.92 Å². The van der Waals surface area contributed by atoms with Gasteiger partial charge >= 0.3 is 11.8 Å². The summed E-state index contributed by atoms with van der Waals surface area (Å²) in [5.74, 6) is -0.680. The Balaban J connectivity index is 2.09. The predicted octanol–water partition coefficient (Wildman–Crippen LogP) is 3.52. The van der Waals surface area contributed by atoms with E-state index in [1.165, 1.54) is 7.11 Å². The van der Waals surface area contributed by atoms with Gasteiger partial charge in [-0.25, -0.2) is 0 Å². The molecule has 0 saturated carbocycles. The summed E-state index contributed by atoms with van der Waals surface area (Å²) in [5, 5.41) is 7.38. The summed E-state index contributed by atoms with van der Waals surface area (Å²) in [6.07, 6.45) is 0. The third-order valence-electron chi connectivity index (χ3n) is 3.61. The number of methoxy groups -OCH3 is 1. The summed E-state index contributed by atoms with van der Waals surface area (Å²) in [6, 6.07) is 9.09. The molecular formula is C18H22N2O3S. The minimum Gasteiger partial charge on any atom is -0.495 e. The highest BCUT2D eigenvalue weighted by Gasteiger charge is 2.23. The maximum Gasteiger partial charge on any atom is 0.313 e. The van der Waals surface area contributed by atoms with Gasteiger partial charge in [0.1, 0.15) is 5.75 Å². The van der Waals surface area contributed by atoms with E-state index >= 15 is 0 Å². The topological polar surface area (TPSA) is 67.4 Å². The molecule has 0 saturated heterocycles. The lowest BCUT2D eigenvalue weighted by atomic mass is 10.0. The average molecular weight is 346 g/mol. The first-order valence-electron chi connectivity index (χ1n) is 7.72. The van der Waals surface area contributed by atoms with Crippen LogP contribution in [0.2, 0.25) is 0 Å². The number of rotatable bonds is 5. The molecule has 1 atom stereocenters. The van der Waals surface area contributed by atoms with Crippen LogP contribution in [0.3, 0.4) is 0 Å². The molecule has 6 heteroatoms. The molecule has 1 heterocycles. The van der Waals surface area contributed by atoms with Crippen LogP contribution in [0.25, 0.3) is 0 Å². The van der Waals surface area contributed by atoms with Crippen molar-refractivity contribution in [1.29, 1.82) is 0 Å². The number of carbonyl (C=O) groups excluding carboxylic acids is 2. The van der Waals surface area contributed by atoms with E-state index in [0.717, 1.165) is 10.4 Å². The van der Waals surface area contributed by atoms with Gasteiger partial charge in [0.25, 0.3) is 0 Å². The number of aryl methyl sites for hydroxylation is 1. The van der Waals surface area contributed by atoms with Gasteiger partial charge in [0, 0.05) is 4.88 Å². The van der Waals surface area contributed by atoms with E-state index in [1.807, 2.05) is 44.4 Å². The number of nitrogens with one attached hydrogen (secondary N) is 2. The number of amides is 2. The fraction of sp³-hybridized carbons (Fsp3) is 0.333. The maximum absolute atomic E-state index is 12.3. The van der Waals surface area contributed by atoms with Crippen LogP contribution in [0.5, 0.6) is 5.75 Å². The Labute approximate surface area is 146 Å². The van der Waals surface area contributed by atoms with Gasteiger partial charge in [0.05, 0.1) is 18.8 Å². The second-order valence-corrected chi connectivity index (χ2v) is 6.85. The third kappa shape index (κ3) is 4.35. The quantitative estimate of drug-likeness (QED) is 0.814. The zero-order valence-electron chi connectivity index (χ0n) is 14.3. The molecule has 5 nitrogen and oxygen atoms in total. The summed E-state index contributed by atoms with van der Waals surface area (Å²) < 4.78 is 5.21. The molecule has 0 aliphatic heterocycles. The van der Waals surface area contributed by atoms with Crippen molar-refractivity contribution >= 4 is 28.8 Å². The Morgan fingerprint density at radius 3 is 2.50 bits per heavy atom. The average Bonchev–Trinajstić information content (AvgIpc) is 3.06. The molecule has 1 aromatic heterocycles. The molecule has 2 amide bonds. The fourth-order valence-electron chi connectivity index (χ4n) is 2.34. The third-order valence-corrected chi connectivity index (χ3v) is 4.57. The Morgan fingerprint density at radius 2 is 1.92 bits per heavy atom. The van der Waals surface area contributed by atoms with Gasteiger partial charge < -0.3 is 15.4 Å². The summed E-state index contributed by atoms with van der Waals surface area (Å²) >= 11 is 1.56. The van der Waals surface area contributed by atoms with Crippen LogP contribution >= 0.6 is 11.3 Å². The predicted molar refractivity (Wildman–Crippen MR) is 96.4 cm³/mol. The van der Waals surface area contributed by atoms with Crippen molar-refractivity contribution in [3.05, 3.63) is 46.2 Å². The molecule has 0 unspecified atom stereocenters. The lowest BCUT2D eigenvalue weighted by molar-refractivity contribution is -0.136. The summed E-state index contributed by atoms with van der Waals surface area (Å²) in [6.45, 7) is 5.92. The number of anilines is 1. The second kappa shape index (κ2) is 7.97. The van der Waals surface area contributed by atoms with E-state index in [9.17, 15) is 9.59 Å². The number of hydrogen-bond donors (Lipinski definition) is 2. The lowest BCUT2D eigenvalue weighted by Gasteiger charge is -2.21. The first-order chi connectivity index (χ1) is 11.4. The number of benzene rings is 1. The number of carbonyl (C=O) groups is 2. The van der Waals surface area contributed by atoms with Crippen LogP contribution in [0.15, 0.2) is 35.7 Å². The monoisotopic (exact) mass is 346 g/mol. The van der Waals surface area contributed by atoms with Gasteiger partial charge in [-0.2, -0.15) is 0 Å². The first kappa shape index (κ1) is 18.0. The van der Waals surface area contributed by atoms with Gasteiger partial charge in [-0.05, 0) is 42.0 Å². The summed E-state index contributed by atoms with van der Waals surface area (Å²) in [7, 11) is 1.52. The molecule has 0 aliphatic carbocycles. The van der Waals surface area contributed by atoms with E-state index < -0.39 is 11.8 Å². The molecule has 0 radical (unpaired) electrons. The summed E-state index contributed by atoms with van der Waals surface area (Å²) in [4.78, 5) is 25.6. The molecule has 24 heavy (non-hydrogen) atoms.